The number of halogens is 2. The maximum absolute atomic E-state index is 12.5. The van der Waals surface area contributed by atoms with E-state index in [0.29, 0.717) is 22.9 Å². The molecule has 0 aliphatic carbocycles. The Bertz CT molecular complexity index is 1090. The van der Waals surface area contributed by atoms with E-state index < -0.39 is 6.61 Å². The second-order valence-electron chi connectivity index (χ2n) is 6.35. The lowest BCUT2D eigenvalue weighted by Gasteiger charge is -2.12. The topological polar surface area (TPSA) is 95.3 Å². The van der Waals surface area contributed by atoms with E-state index >= 15 is 0 Å². The molecule has 1 aromatic heterocycles. The Morgan fingerprint density at radius 1 is 1.20 bits per heavy atom. The van der Waals surface area contributed by atoms with Gasteiger partial charge in [0.05, 0.1) is 19.0 Å². The second kappa shape index (κ2) is 9.77. The molecular weight excluding hydrogens is 398 g/mol. The Balaban J connectivity index is 1.52. The summed E-state index contributed by atoms with van der Waals surface area (Å²) < 4.78 is 35.6. The predicted octanol–water partition coefficient (Wildman–Crippen LogP) is 2.15. The second-order valence-corrected chi connectivity index (χ2v) is 6.35. The van der Waals surface area contributed by atoms with Crippen LogP contribution in [-0.4, -0.2) is 41.2 Å². The van der Waals surface area contributed by atoms with Crippen molar-refractivity contribution in [2.75, 3.05) is 13.7 Å². The number of amides is 1. The van der Waals surface area contributed by atoms with Crippen LogP contribution in [-0.2, 0) is 17.8 Å². The van der Waals surface area contributed by atoms with E-state index in [2.05, 4.69) is 20.4 Å². The summed E-state index contributed by atoms with van der Waals surface area (Å²) in [5, 5.41) is 11.0. The van der Waals surface area contributed by atoms with Crippen LogP contribution in [0.2, 0.25) is 0 Å². The van der Waals surface area contributed by atoms with Crippen LogP contribution in [0.5, 0.6) is 11.5 Å². The van der Waals surface area contributed by atoms with Gasteiger partial charge in [-0.05, 0) is 36.2 Å². The highest BCUT2D eigenvalue weighted by molar-refractivity contribution is 5.77. The van der Waals surface area contributed by atoms with Crippen molar-refractivity contribution < 1.29 is 23.0 Å². The zero-order valence-corrected chi connectivity index (χ0v) is 16.2. The number of nitrogens with zero attached hydrogens (tertiary/aromatic N) is 3. The Morgan fingerprint density at radius 3 is 2.77 bits per heavy atom. The van der Waals surface area contributed by atoms with Crippen LogP contribution in [0.25, 0.3) is 10.9 Å². The van der Waals surface area contributed by atoms with Gasteiger partial charge in [-0.25, -0.2) is 4.68 Å². The Hall–Kier alpha value is -3.56. The van der Waals surface area contributed by atoms with E-state index in [9.17, 15) is 18.4 Å². The van der Waals surface area contributed by atoms with Crippen molar-refractivity contribution >= 4 is 16.8 Å². The van der Waals surface area contributed by atoms with E-state index in [4.69, 9.17) is 4.74 Å². The molecule has 0 saturated carbocycles. The van der Waals surface area contributed by atoms with Crippen LogP contribution < -0.4 is 20.3 Å². The maximum Gasteiger partial charge on any atom is 0.387 e. The van der Waals surface area contributed by atoms with Crippen molar-refractivity contribution in [3.05, 3.63) is 58.4 Å². The van der Waals surface area contributed by atoms with E-state index in [-0.39, 0.29) is 42.5 Å². The SMILES string of the molecule is COc1ccc(CCNC(=O)CCn2nnc3ccccc3c2=O)cc1OC(F)F. The molecule has 0 fully saturated rings. The molecule has 0 aliphatic heterocycles. The number of rotatable bonds is 9. The van der Waals surface area contributed by atoms with Gasteiger partial charge >= 0.3 is 6.61 Å². The first-order valence-electron chi connectivity index (χ1n) is 9.19. The van der Waals surface area contributed by atoms with Gasteiger partial charge in [0.15, 0.2) is 11.5 Å². The first-order chi connectivity index (χ1) is 14.5. The largest absolute Gasteiger partial charge is 0.493 e. The third-order valence-corrected chi connectivity index (χ3v) is 4.36. The van der Waals surface area contributed by atoms with Gasteiger partial charge < -0.3 is 14.8 Å². The lowest BCUT2D eigenvalue weighted by Crippen LogP contribution is -2.30. The molecule has 0 radical (unpaired) electrons. The molecule has 2 aromatic carbocycles. The quantitative estimate of drug-likeness (QED) is 0.572. The first kappa shape index (κ1) is 21.2. The van der Waals surface area contributed by atoms with E-state index in [1.54, 1.807) is 30.3 Å². The van der Waals surface area contributed by atoms with Gasteiger partial charge in [-0.3, -0.25) is 9.59 Å². The average Bonchev–Trinajstić information content (AvgIpc) is 2.73. The smallest absolute Gasteiger partial charge is 0.387 e. The molecular formula is C20H20F2N4O4. The minimum absolute atomic E-state index is 0.0509. The number of aryl methyl sites for hydroxylation is 1. The molecule has 0 unspecified atom stereocenters. The third-order valence-electron chi connectivity index (χ3n) is 4.36. The first-order valence-corrected chi connectivity index (χ1v) is 9.19. The molecule has 0 saturated heterocycles. The van der Waals surface area contributed by atoms with Crippen LogP contribution in [0, 0.1) is 0 Å². The van der Waals surface area contributed by atoms with Crippen molar-refractivity contribution in [1.29, 1.82) is 0 Å². The highest BCUT2D eigenvalue weighted by atomic mass is 19.3. The Morgan fingerprint density at radius 2 is 2.00 bits per heavy atom. The number of aromatic nitrogens is 3. The number of hydrogen-bond donors (Lipinski definition) is 1. The zero-order chi connectivity index (χ0) is 21.5. The van der Waals surface area contributed by atoms with Gasteiger partial charge in [-0.2, -0.15) is 8.78 Å². The van der Waals surface area contributed by atoms with Gasteiger partial charge in [0.2, 0.25) is 5.91 Å². The van der Waals surface area contributed by atoms with Crippen LogP contribution >= 0.6 is 0 Å². The molecule has 1 N–H and O–H groups in total. The van der Waals surface area contributed by atoms with E-state index in [1.165, 1.54) is 19.2 Å². The Labute approximate surface area is 170 Å². The van der Waals surface area contributed by atoms with Gasteiger partial charge in [0.25, 0.3) is 5.56 Å². The summed E-state index contributed by atoms with van der Waals surface area (Å²) in [5.41, 5.74) is 0.888. The monoisotopic (exact) mass is 418 g/mol. The fourth-order valence-electron chi connectivity index (χ4n) is 2.88. The van der Waals surface area contributed by atoms with Crippen molar-refractivity contribution in [2.45, 2.75) is 26.0 Å². The molecule has 0 spiro atoms. The van der Waals surface area contributed by atoms with Crippen LogP contribution in [0.3, 0.4) is 0 Å². The van der Waals surface area contributed by atoms with E-state index in [1.807, 2.05) is 0 Å². The minimum atomic E-state index is -2.96. The van der Waals surface area contributed by atoms with Crippen LogP contribution in [0.1, 0.15) is 12.0 Å². The number of hydrogen-bond acceptors (Lipinski definition) is 6. The summed E-state index contributed by atoms with van der Waals surface area (Å²) in [4.78, 5) is 24.4. The minimum Gasteiger partial charge on any atom is -0.493 e. The molecule has 3 rings (SSSR count). The van der Waals surface area contributed by atoms with Crippen LogP contribution in [0.15, 0.2) is 47.3 Å². The number of fused-ring (bicyclic) bond motifs is 1. The number of alkyl halides is 2. The van der Waals surface area contributed by atoms with Crippen molar-refractivity contribution in [1.82, 2.24) is 20.3 Å². The average molecular weight is 418 g/mol. The van der Waals surface area contributed by atoms with Gasteiger partial charge in [0, 0.05) is 13.0 Å². The highest BCUT2D eigenvalue weighted by Gasteiger charge is 2.12. The number of carbonyl (C=O) groups is 1. The maximum atomic E-state index is 12.5. The molecule has 8 nitrogen and oxygen atoms in total. The standard InChI is InChI=1S/C20H20F2N4O4/c1-29-16-7-6-13(12-17(16)30-20(21)22)8-10-23-18(27)9-11-26-19(28)14-4-2-3-5-15(14)24-25-26/h2-7,12,20H,8-11H2,1H3,(H,23,27). The zero-order valence-electron chi connectivity index (χ0n) is 16.2. The van der Waals surface area contributed by atoms with E-state index in [0.717, 1.165) is 4.68 Å². The highest BCUT2D eigenvalue weighted by Crippen LogP contribution is 2.29. The summed E-state index contributed by atoms with van der Waals surface area (Å²) in [6.45, 7) is -2.58. The fraction of sp³-hybridized carbons (Fsp3) is 0.300. The molecule has 1 amide bonds. The Kier molecular flexibility index (Phi) is 6.89. The molecule has 0 atom stereocenters. The summed E-state index contributed by atoms with van der Waals surface area (Å²) in [7, 11) is 1.36. The van der Waals surface area contributed by atoms with Crippen molar-refractivity contribution in [3.8, 4) is 11.5 Å². The molecule has 0 aliphatic rings. The summed E-state index contributed by atoms with van der Waals surface area (Å²) in [6.07, 6.45) is 0.459. The molecule has 0 bridgehead atoms. The third kappa shape index (κ3) is 5.28. The molecule has 1 heterocycles. The summed E-state index contributed by atoms with van der Waals surface area (Å²) in [6, 6.07) is 11.5. The summed E-state index contributed by atoms with van der Waals surface area (Å²) in [5.74, 6) is -0.134. The predicted molar refractivity (Wildman–Crippen MR) is 105 cm³/mol. The lowest BCUT2D eigenvalue weighted by atomic mass is 10.1. The molecule has 10 heteroatoms. The van der Waals surface area contributed by atoms with Gasteiger partial charge in [-0.15, -0.1) is 5.10 Å². The summed E-state index contributed by atoms with van der Waals surface area (Å²) >= 11 is 0. The van der Waals surface area contributed by atoms with Crippen molar-refractivity contribution in [2.24, 2.45) is 0 Å². The fourth-order valence-corrected chi connectivity index (χ4v) is 2.88. The van der Waals surface area contributed by atoms with Gasteiger partial charge in [0.1, 0.15) is 5.52 Å². The van der Waals surface area contributed by atoms with Crippen molar-refractivity contribution in [3.63, 3.8) is 0 Å². The molecule has 30 heavy (non-hydrogen) atoms. The number of carbonyl (C=O) groups excluding carboxylic acids is 1. The van der Waals surface area contributed by atoms with Gasteiger partial charge in [-0.1, -0.05) is 23.4 Å². The number of methoxy groups -OCH3 is 1. The number of nitrogens with one attached hydrogen (secondary N) is 1. The normalized spacial score (nSPS) is 10.9. The number of benzene rings is 2. The number of ether oxygens (including phenoxy) is 2. The lowest BCUT2D eigenvalue weighted by molar-refractivity contribution is -0.121. The molecule has 158 valence electrons. The molecule has 3 aromatic rings. The van der Waals surface area contributed by atoms with Crippen LogP contribution in [0.4, 0.5) is 8.78 Å².